The molecule has 0 atom stereocenters. The summed E-state index contributed by atoms with van der Waals surface area (Å²) in [6, 6.07) is 3.17. The van der Waals surface area contributed by atoms with Crippen LogP contribution in [-0.4, -0.2) is 51.9 Å². The molecule has 0 radical (unpaired) electrons. The molecule has 3 aromatic rings. The van der Waals surface area contributed by atoms with Gasteiger partial charge >= 0.3 is 0 Å². The fraction of sp³-hybridized carbons (Fsp3) is 0.400. The number of fused-ring (bicyclic) bond motifs is 1. The van der Waals surface area contributed by atoms with Gasteiger partial charge in [0.05, 0.1) is 29.1 Å². The van der Waals surface area contributed by atoms with Gasteiger partial charge in [-0.05, 0) is 17.9 Å². The molecule has 0 spiro atoms. The van der Waals surface area contributed by atoms with Gasteiger partial charge in [-0.3, -0.25) is 9.78 Å². The maximum absolute atomic E-state index is 13.7. The molecule has 0 aromatic carbocycles. The number of methoxy groups -OCH3 is 1. The summed E-state index contributed by atoms with van der Waals surface area (Å²) in [6.07, 6.45) is 2.99. The van der Waals surface area contributed by atoms with E-state index in [2.05, 4.69) is 15.0 Å². The predicted octanol–water partition coefficient (Wildman–Crippen LogP) is 3.86. The van der Waals surface area contributed by atoms with Crippen LogP contribution in [0, 0.1) is 0 Å². The van der Waals surface area contributed by atoms with Gasteiger partial charge in [0.1, 0.15) is 18.0 Å². The molecule has 1 amide bonds. The Hall–Kier alpha value is -2.59. The van der Waals surface area contributed by atoms with Crippen molar-refractivity contribution >= 4 is 34.4 Å². The van der Waals surface area contributed by atoms with E-state index in [1.165, 1.54) is 24.3 Å². The number of carbonyl (C=O) groups is 1. The molecule has 0 aliphatic carbocycles. The smallest absolute Gasteiger partial charge is 0.287 e. The Morgan fingerprint density at radius 2 is 2.03 bits per heavy atom. The van der Waals surface area contributed by atoms with Gasteiger partial charge < -0.3 is 14.2 Å². The number of imidazole rings is 1. The lowest BCUT2D eigenvalue weighted by atomic mass is 10.2. The number of ether oxygens (including phenoxy) is 1. The molecule has 0 aliphatic heterocycles. The average Bonchev–Trinajstić information content (AvgIpc) is 3.03. The number of aromatic nitrogens is 4. The molecule has 3 rings (SSSR count). The first kappa shape index (κ1) is 22.1. The molecular formula is C20H23F2N5O2S. The molecule has 30 heavy (non-hydrogen) atoms. The van der Waals surface area contributed by atoms with Gasteiger partial charge in [0.25, 0.3) is 11.8 Å². The van der Waals surface area contributed by atoms with Crippen LogP contribution in [0.3, 0.4) is 0 Å². The monoisotopic (exact) mass is 435 g/mol. The number of aryl methyl sites for hydroxylation is 1. The van der Waals surface area contributed by atoms with Crippen molar-refractivity contribution in [1.29, 1.82) is 0 Å². The Kier molecular flexibility index (Phi) is 6.37. The highest BCUT2D eigenvalue weighted by Crippen LogP contribution is 2.34. The van der Waals surface area contributed by atoms with Gasteiger partial charge in [-0.15, -0.1) is 11.8 Å². The van der Waals surface area contributed by atoms with Crippen molar-refractivity contribution in [3.63, 3.8) is 0 Å². The second-order valence-electron chi connectivity index (χ2n) is 6.80. The van der Waals surface area contributed by atoms with Crippen LogP contribution in [0.4, 0.5) is 14.5 Å². The zero-order valence-corrected chi connectivity index (χ0v) is 18.3. The molecule has 0 bridgehead atoms. The molecule has 0 saturated heterocycles. The summed E-state index contributed by atoms with van der Waals surface area (Å²) in [5.41, 5.74) is 1.96. The molecular weight excluding hydrogens is 412 g/mol. The second-order valence-corrected chi connectivity index (χ2v) is 8.11. The third kappa shape index (κ3) is 4.29. The molecule has 0 aliphatic rings. The van der Waals surface area contributed by atoms with Gasteiger partial charge in [0, 0.05) is 33.0 Å². The van der Waals surface area contributed by atoms with Crippen LogP contribution < -0.4 is 4.90 Å². The summed E-state index contributed by atoms with van der Waals surface area (Å²) in [5, 5.41) is 0. The van der Waals surface area contributed by atoms with Crippen LogP contribution in [0.15, 0.2) is 29.4 Å². The highest BCUT2D eigenvalue weighted by molar-refractivity contribution is 7.99. The molecule has 3 heterocycles. The van der Waals surface area contributed by atoms with E-state index in [9.17, 15) is 13.6 Å². The van der Waals surface area contributed by atoms with Gasteiger partial charge in [0.15, 0.2) is 5.82 Å². The van der Waals surface area contributed by atoms with Crippen LogP contribution >= 0.6 is 11.8 Å². The van der Waals surface area contributed by atoms with E-state index in [0.717, 1.165) is 17.6 Å². The maximum Gasteiger partial charge on any atom is 0.287 e. The zero-order chi connectivity index (χ0) is 22.1. The Bertz CT molecular complexity index is 1080. The van der Waals surface area contributed by atoms with Crippen molar-refractivity contribution in [3.05, 3.63) is 30.2 Å². The number of anilines is 1. The van der Waals surface area contributed by atoms with Crippen LogP contribution in [0.25, 0.3) is 22.6 Å². The highest BCUT2D eigenvalue weighted by atomic mass is 32.2. The number of thioether (sulfide) groups is 1. The van der Waals surface area contributed by atoms with Crippen molar-refractivity contribution in [2.75, 3.05) is 31.4 Å². The maximum atomic E-state index is 13.7. The van der Waals surface area contributed by atoms with Gasteiger partial charge in [0.2, 0.25) is 0 Å². The first-order valence-corrected chi connectivity index (χ1v) is 10.2. The second kappa shape index (κ2) is 8.65. The number of amides is 1. The van der Waals surface area contributed by atoms with Crippen molar-refractivity contribution in [3.8, 4) is 11.5 Å². The Labute approximate surface area is 177 Å². The van der Waals surface area contributed by atoms with E-state index in [4.69, 9.17) is 4.74 Å². The summed E-state index contributed by atoms with van der Waals surface area (Å²) in [7, 11) is 4.91. The summed E-state index contributed by atoms with van der Waals surface area (Å²) in [5.74, 6) is -1.92. The summed E-state index contributed by atoms with van der Waals surface area (Å²) >= 11 is 1.56. The number of alkyl halides is 2. The summed E-state index contributed by atoms with van der Waals surface area (Å²) in [4.78, 5) is 27.4. The Morgan fingerprint density at radius 3 is 2.67 bits per heavy atom. The lowest BCUT2D eigenvalue weighted by molar-refractivity contribution is -0.121. The molecule has 0 fully saturated rings. The Morgan fingerprint density at radius 1 is 1.30 bits per heavy atom. The van der Waals surface area contributed by atoms with E-state index in [1.807, 2.05) is 13.0 Å². The number of carbonyl (C=O) groups excluding carboxylic acids is 1. The normalized spacial score (nSPS) is 11.8. The van der Waals surface area contributed by atoms with Gasteiger partial charge in [-0.1, -0.05) is 6.92 Å². The highest BCUT2D eigenvalue weighted by Gasteiger charge is 2.27. The van der Waals surface area contributed by atoms with E-state index >= 15 is 0 Å². The third-order valence-corrected chi connectivity index (χ3v) is 5.51. The number of halogens is 2. The minimum absolute atomic E-state index is 0.0311. The lowest BCUT2D eigenvalue weighted by Gasteiger charge is -2.18. The van der Waals surface area contributed by atoms with Crippen LogP contribution in [0.5, 0.6) is 0 Å². The summed E-state index contributed by atoms with van der Waals surface area (Å²) < 4.78 is 34.0. The quantitative estimate of drug-likeness (QED) is 0.525. The largest absolute Gasteiger partial charge is 0.375 e. The van der Waals surface area contributed by atoms with Crippen LogP contribution in [0.2, 0.25) is 0 Å². The van der Waals surface area contributed by atoms with Crippen molar-refractivity contribution in [2.24, 2.45) is 7.05 Å². The molecule has 160 valence electrons. The number of pyridine rings is 2. The lowest BCUT2D eigenvalue weighted by Crippen LogP contribution is -2.29. The van der Waals surface area contributed by atoms with Gasteiger partial charge in [-0.2, -0.15) is 8.78 Å². The van der Waals surface area contributed by atoms with Crippen LogP contribution in [-0.2, 0) is 22.5 Å². The molecule has 0 saturated carbocycles. The molecule has 0 unspecified atom stereocenters. The number of rotatable bonds is 7. The minimum Gasteiger partial charge on any atom is -0.375 e. The van der Waals surface area contributed by atoms with E-state index < -0.39 is 5.92 Å². The SMILES string of the molecule is CCSc1cc(N(C)C(=O)COC)cnc1-c1nc2cc(C(C)(F)F)ncc2n1C. The number of nitrogens with zero attached hydrogens (tertiary/aromatic N) is 5. The van der Waals surface area contributed by atoms with Gasteiger partial charge in [-0.25, -0.2) is 9.97 Å². The molecule has 0 N–H and O–H groups in total. The van der Waals surface area contributed by atoms with E-state index in [1.54, 1.807) is 36.6 Å². The topological polar surface area (TPSA) is 73.1 Å². The fourth-order valence-electron chi connectivity index (χ4n) is 2.96. The minimum atomic E-state index is -3.05. The van der Waals surface area contributed by atoms with E-state index in [-0.39, 0.29) is 18.2 Å². The average molecular weight is 436 g/mol. The third-order valence-electron chi connectivity index (χ3n) is 4.60. The predicted molar refractivity (Wildman–Crippen MR) is 113 cm³/mol. The van der Waals surface area contributed by atoms with Crippen molar-refractivity contribution < 1.29 is 18.3 Å². The molecule has 3 aromatic heterocycles. The fourth-order valence-corrected chi connectivity index (χ4v) is 3.75. The molecule has 7 nitrogen and oxygen atoms in total. The van der Waals surface area contributed by atoms with Crippen molar-refractivity contribution in [2.45, 2.75) is 24.7 Å². The van der Waals surface area contributed by atoms with Crippen molar-refractivity contribution in [1.82, 2.24) is 19.5 Å². The molecule has 10 heteroatoms. The first-order valence-electron chi connectivity index (χ1n) is 9.26. The van der Waals surface area contributed by atoms with E-state index in [0.29, 0.717) is 28.2 Å². The first-order chi connectivity index (χ1) is 14.2. The van der Waals surface area contributed by atoms with Crippen LogP contribution in [0.1, 0.15) is 19.5 Å². The number of hydrogen-bond acceptors (Lipinski definition) is 6. The number of hydrogen-bond donors (Lipinski definition) is 0. The Balaban J connectivity index is 2.09. The number of likely N-dealkylation sites (N-methyl/N-ethyl adjacent to an activating group) is 1. The standard InChI is InChI=1S/C20H23F2N5O2S/c1-6-30-15-7-12(26(3)17(28)11-29-5)9-24-18(15)19-25-13-8-16(20(2,21)22)23-10-14(13)27(19)4/h7-10H,6,11H2,1-5H3. The summed E-state index contributed by atoms with van der Waals surface area (Å²) in [6.45, 7) is 2.79. The zero-order valence-electron chi connectivity index (χ0n) is 17.4.